The summed E-state index contributed by atoms with van der Waals surface area (Å²) in [4.78, 5) is 0. The highest BCUT2D eigenvalue weighted by Crippen LogP contribution is 2.25. The first kappa shape index (κ1) is 11.8. The lowest BCUT2D eigenvalue weighted by molar-refractivity contribution is 0.262. The van der Waals surface area contributed by atoms with Crippen molar-refractivity contribution < 1.29 is 5.11 Å². The molecular weight excluding hydrogens is 214 g/mol. The second kappa shape index (κ2) is 4.67. The van der Waals surface area contributed by atoms with Gasteiger partial charge in [0.2, 0.25) is 0 Å². The van der Waals surface area contributed by atoms with Crippen molar-refractivity contribution in [3.8, 4) is 11.4 Å². The molecule has 1 heterocycles. The van der Waals surface area contributed by atoms with Crippen molar-refractivity contribution in [1.82, 2.24) is 14.8 Å². The molecule has 0 aliphatic carbocycles. The Balaban J connectivity index is 2.60. The van der Waals surface area contributed by atoms with Crippen LogP contribution in [-0.4, -0.2) is 19.9 Å². The van der Waals surface area contributed by atoms with Gasteiger partial charge in [0.15, 0.2) is 11.6 Å². The molecule has 90 valence electrons. The zero-order valence-corrected chi connectivity index (χ0v) is 10.4. The molecule has 1 aromatic carbocycles. The normalized spacial score (nSPS) is 11.1. The van der Waals surface area contributed by atoms with Crippen LogP contribution in [0.1, 0.15) is 31.3 Å². The predicted octanol–water partition coefficient (Wildman–Crippen LogP) is 2.33. The minimum Gasteiger partial charge on any atom is -0.388 e. The number of rotatable bonds is 3. The number of aliphatic hydroxyl groups is 1. The van der Waals surface area contributed by atoms with E-state index in [1.54, 1.807) is 0 Å². The van der Waals surface area contributed by atoms with Crippen LogP contribution in [0.15, 0.2) is 24.3 Å². The summed E-state index contributed by atoms with van der Waals surface area (Å²) >= 11 is 0. The van der Waals surface area contributed by atoms with Crippen molar-refractivity contribution in [3.63, 3.8) is 0 Å². The molecule has 1 N–H and O–H groups in total. The van der Waals surface area contributed by atoms with Crippen LogP contribution in [0.4, 0.5) is 0 Å². The van der Waals surface area contributed by atoms with Gasteiger partial charge in [0.05, 0.1) is 0 Å². The monoisotopic (exact) mass is 231 g/mol. The van der Waals surface area contributed by atoms with Gasteiger partial charge in [0.25, 0.3) is 0 Å². The van der Waals surface area contributed by atoms with Gasteiger partial charge >= 0.3 is 0 Å². The van der Waals surface area contributed by atoms with E-state index in [-0.39, 0.29) is 12.6 Å². The lowest BCUT2D eigenvalue weighted by atomic mass is 10.1. The fourth-order valence-electron chi connectivity index (χ4n) is 1.98. The van der Waals surface area contributed by atoms with Crippen LogP contribution in [0.5, 0.6) is 0 Å². The van der Waals surface area contributed by atoms with Gasteiger partial charge in [-0.25, -0.2) is 0 Å². The molecule has 0 saturated carbocycles. The van der Waals surface area contributed by atoms with Crippen LogP contribution in [-0.2, 0) is 6.61 Å². The van der Waals surface area contributed by atoms with E-state index < -0.39 is 0 Å². The maximum Gasteiger partial charge on any atom is 0.164 e. The maximum atomic E-state index is 9.27. The van der Waals surface area contributed by atoms with Gasteiger partial charge in [0, 0.05) is 11.6 Å². The van der Waals surface area contributed by atoms with Crippen LogP contribution >= 0.6 is 0 Å². The Kier molecular flexibility index (Phi) is 3.24. The van der Waals surface area contributed by atoms with Crippen molar-refractivity contribution in [2.75, 3.05) is 0 Å². The van der Waals surface area contributed by atoms with Gasteiger partial charge in [-0.2, -0.15) is 0 Å². The standard InChI is InChI=1S/C13H17N3O/c1-9(2)16-12(8-17)14-15-13(16)11-7-5-4-6-10(11)3/h4-7,9,17H,8H2,1-3H3. The second-order valence-electron chi connectivity index (χ2n) is 4.38. The van der Waals surface area contributed by atoms with E-state index in [1.165, 1.54) is 0 Å². The Morgan fingerprint density at radius 1 is 1.24 bits per heavy atom. The summed E-state index contributed by atoms with van der Waals surface area (Å²) in [6, 6.07) is 8.29. The molecule has 0 atom stereocenters. The zero-order valence-electron chi connectivity index (χ0n) is 10.4. The Hall–Kier alpha value is -1.68. The van der Waals surface area contributed by atoms with Gasteiger partial charge in [-0.05, 0) is 26.3 Å². The molecule has 0 amide bonds. The molecular formula is C13H17N3O. The van der Waals surface area contributed by atoms with Crippen LogP contribution < -0.4 is 0 Å². The minimum atomic E-state index is -0.0862. The fraction of sp³-hybridized carbons (Fsp3) is 0.385. The Labute approximate surface area is 101 Å². The summed E-state index contributed by atoms with van der Waals surface area (Å²) in [5, 5.41) is 17.5. The molecule has 0 unspecified atom stereocenters. The van der Waals surface area contributed by atoms with E-state index in [0.717, 1.165) is 17.0 Å². The fourth-order valence-corrected chi connectivity index (χ4v) is 1.98. The third kappa shape index (κ3) is 2.08. The number of hydrogen-bond donors (Lipinski definition) is 1. The highest BCUT2D eigenvalue weighted by Gasteiger charge is 2.16. The lowest BCUT2D eigenvalue weighted by Gasteiger charge is -2.14. The lowest BCUT2D eigenvalue weighted by Crippen LogP contribution is -2.08. The van der Waals surface area contributed by atoms with Crippen molar-refractivity contribution in [2.24, 2.45) is 0 Å². The van der Waals surface area contributed by atoms with Gasteiger partial charge in [-0.1, -0.05) is 24.3 Å². The number of aryl methyl sites for hydroxylation is 1. The first-order chi connectivity index (χ1) is 8.15. The molecule has 0 radical (unpaired) electrons. The summed E-state index contributed by atoms with van der Waals surface area (Å²) in [6.07, 6.45) is 0. The van der Waals surface area contributed by atoms with E-state index in [1.807, 2.05) is 35.8 Å². The van der Waals surface area contributed by atoms with Gasteiger partial charge in [-0.15, -0.1) is 10.2 Å². The highest BCUT2D eigenvalue weighted by atomic mass is 16.3. The van der Waals surface area contributed by atoms with E-state index in [2.05, 4.69) is 24.0 Å². The van der Waals surface area contributed by atoms with Crippen LogP contribution in [0.3, 0.4) is 0 Å². The van der Waals surface area contributed by atoms with Crippen LogP contribution in [0.2, 0.25) is 0 Å². The van der Waals surface area contributed by atoms with E-state index >= 15 is 0 Å². The Morgan fingerprint density at radius 2 is 1.94 bits per heavy atom. The number of hydrogen-bond acceptors (Lipinski definition) is 3. The molecule has 0 bridgehead atoms. The first-order valence-electron chi connectivity index (χ1n) is 5.75. The smallest absolute Gasteiger partial charge is 0.164 e. The largest absolute Gasteiger partial charge is 0.388 e. The van der Waals surface area contributed by atoms with Crippen molar-refractivity contribution in [1.29, 1.82) is 0 Å². The van der Waals surface area contributed by atoms with Crippen molar-refractivity contribution in [2.45, 2.75) is 33.4 Å². The zero-order chi connectivity index (χ0) is 12.4. The number of benzene rings is 1. The number of nitrogens with zero attached hydrogens (tertiary/aromatic N) is 3. The third-order valence-electron chi connectivity index (χ3n) is 2.81. The van der Waals surface area contributed by atoms with E-state index in [9.17, 15) is 5.11 Å². The van der Waals surface area contributed by atoms with E-state index in [4.69, 9.17) is 0 Å². The van der Waals surface area contributed by atoms with E-state index in [0.29, 0.717) is 5.82 Å². The molecule has 0 fully saturated rings. The molecule has 0 saturated heterocycles. The molecule has 0 aliphatic rings. The molecule has 0 aliphatic heterocycles. The minimum absolute atomic E-state index is 0.0862. The molecule has 4 nitrogen and oxygen atoms in total. The van der Waals surface area contributed by atoms with Gasteiger partial charge < -0.3 is 9.67 Å². The maximum absolute atomic E-state index is 9.27. The molecule has 0 spiro atoms. The molecule has 4 heteroatoms. The quantitative estimate of drug-likeness (QED) is 0.882. The summed E-state index contributed by atoms with van der Waals surface area (Å²) in [6.45, 7) is 6.08. The van der Waals surface area contributed by atoms with Gasteiger partial charge in [-0.3, -0.25) is 0 Å². The van der Waals surface area contributed by atoms with Crippen LogP contribution in [0, 0.1) is 6.92 Å². The van der Waals surface area contributed by atoms with Gasteiger partial charge in [0.1, 0.15) is 6.61 Å². The summed E-state index contributed by atoms with van der Waals surface area (Å²) < 4.78 is 1.97. The topological polar surface area (TPSA) is 50.9 Å². The third-order valence-corrected chi connectivity index (χ3v) is 2.81. The molecule has 1 aromatic heterocycles. The second-order valence-corrected chi connectivity index (χ2v) is 4.38. The summed E-state index contributed by atoms with van der Waals surface area (Å²) in [5.74, 6) is 1.43. The number of aliphatic hydroxyl groups excluding tert-OH is 1. The molecule has 2 aromatic rings. The number of aromatic nitrogens is 3. The summed E-state index contributed by atoms with van der Waals surface area (Å²) in [7, 11) is 0. The Bertz CT molecular complexity index is 517. The predicted molar refractivity (Wildman–Crippen MR) is 66.5 cm³/mol. The van der Waals surface area contributed by atoms with Crippen LogP contribution in [0.25, 0.3) is 11.4 Å². The molecule has 2 rings (SSSR count). The molecule has 17 heavy (non-hydrogen) atoms. The Morgan fingerprint density at radius 3 is 2.53 bits per heavy atom. The average Bonchev–Trinajstić information content (AvgIpc) is 2.73. The SMILES string of the molecule is Cc1ccccc1-c1nnc(CO)n1C(C)C. The van der Waals surface area contributed by atoms with Crippen molar-refractivity contribution >= 4 is 0 Å². The van der Waals surface area contributed by atoms with Crippen molar-refractivity contribution in [3.05, 3.63) is 35.7 Å². The average molecular weight is 231 g/mol. The highest BCUT2D eigenvalue weighted by molar-refractivity contribution is 5.60. The first-order valence-corrected chi connectivity index (χ1v) is 5.75. The summed E-state index contributed by atoms with van der Waals surface area (Å²) in [5.41, 5.74) is 2.22.